The van der Waals surface area contributed by atoms with Crippen LogP contribution in [0.5, 0.6) is 0 Å². The first kappa shape index (κ1) is 21.3. The summed E-state index contributed by atoms with van der Waals surface area (Å²) in [5.41, 5.74) is 7.01. The van der Waals surface area contributed by atoms with Gasteiger partial charge < -0.3 is 9.88 Å². The molecule has 170 valence electrons. The molecule has 10 heteroatoms. The van der Waals surface area contributed by atoms with Gasteiger partial charge >= 0.3 is 0 Å². The molecule has 0 aliphatic carbocycles. The zero-order valence-electron chi connectivity index (χ0n) is 18.5. The number of para-hydroxylation sites is 1. The second-order valence-electron chi connectivity index (χ2n) is 8.09. The van der Waals surface area contributed by atoms with Gasteiger partial charge in [0.25, 0.3) is 11.5 Å². The molecule has 4 heterocycles. The number of likely N-dealkylation sites (tertiary alicyclic amines) is 1. The second kappa shape index (κ2) is 8.78. The average Bonchev–Trinajstić information content (AvgIpc) is 3.59. The standard InChI is InChI=1S/C23H25N7O2S/c1-15-20(22(32)30(28(15)2)17-8-4-3-5-9-17)25-23-27-26-19(14-33-23)16-12-18(24-13-16)21(31)29-10-6-7-11-29/h3-5,8-9,12-13,24H,6-7,10-11,14H2,1-2H3,(H,25,27). The van der Waals surface area contributed by atoms with E-state index in [1.165, 1.54) is 11.8 Å². The molecular weight excluding hydrogens is 438 g/mol. The van der Waals surface area contributed by atoms with Crippen LogP contribution < -0.4 is 11.0 Å². The molecule has 5 rings (SSSR count). The fourth-order valence-electron chi connectivity index (χ4n) is 4.08. The Morgan fingerprint density at radius 3 is 2.64 bits per heavy atom. The van der Waals surface area contributed by atoms with Crippen molar-refractivity contribution in [1.82, 2.24) is 24.7 Å². The first-order chi connectivity index (χ1) is 16.0. The molecule has 0 radical (unpaired) electrons. The highest BCUT2D eigenvalue weighted by molar-refractivity contribution is 8.14. The van der Waals surface area contributed by atoms with E-state index < -0.39 is 0 Å². The summed E-state index contributed by atoms with van der Waals surface area (Å²) in [7, 11) is 1.85. The number of amides is 1. The van der Waals surface area contributed by atoms with Crippen LogP contribution in [0.3, 0.4) is 0 Å². The number of carbonyl (C=O) groups excluding carboxylic acids is 1. The minimum Gasteiger partial charge on any atom is -0.357 e. The Kier molecular flexibility index (Phi) is 5.67. The van der Waals surface area contributed by atoms with Crippen LogP contribution in [0.1, 0.15) is 34.6 Å². The van der Waals surface area contributed by atoms with E-state index in [0.29, 0.717) is 22.3 Å². The molecule has 1 saturated heterocycles. The van der Waals surface area contributed by atoms with E-state index in [-0.39, 0.29) is 11.5 Å². The lowest BCUT2D eigenvalue weighted by atomic mass is 10.2. The van der Waals surface area contributed by atoms with Crippen molar-refractivity contribution in [3.63, 3.8) is 0 Å². The average molecular weight is 464 g/mol. The van der Waals surface area contributed by atoms with E-state index in [2.05, 4.69) is 20.5 Å². The Bertz CT molecular complexity index is 1310. The van der Waals surface area contributed by atoms with E-state index in [9.17, 15) is 9.59 Å². The van der Waals surface area contributed by atoms with Crippen molar-refractivity contribution >= 4 is 34.2 Å². The predicted octanol–water partition coefficient (Wildman–Crippen LogP) is 2.78. The van der Waals surface area contributed by atoms with Crippen LogP contribution in [0.15, 0.2) is 57.5 Å². The van der Waals surface area contributed by atoms with Crippen molar-refractivity contribution in [2.75, 3.05) is 18.8 Å². The van der Waals surface area contributed by atoms with Crippen molar-refractivity contribution in [3.8, 4) is 5.69 Å². The third-order valence-corrected chi connectivity index (χ3v) is 6.88. The largest absolute Gasteiger partial charge is 0.357 e. The molecule has 1 amide bonds. The fourth-order valence-corrected chi connectivity index (χ4v) is 4.85. The number of nitrogens with zero attached hydrogens (tertiary/aromatic N) is 5. The lowest BCUT2D eigenvalue weighted by Crippen LogP contribution is -2.28. The number of aromatic nitrogens is 3. The number of thioether (sulfide) groups is 1. The van der Waals surface area contributed by atoms with Crippen molar-refractivity contribution < 1.29 is 4.79 Å². The molecule has 2 N–H and O–H groups in total. The molecule has 0 saturated carbocycles. The van der Waals surface area contributed by atoms with Crippen LogP contribution in [-0.2, 0) is 7.05 Å². The van der Waals surface area contributed by atoms with Crippen LogP contribution in [0.2, 0.25) is 0 Å². The number of amidine groups is 1. The SMILES string of the molecule is Cc1c(N=C2NN=C(c3c[nH]c(C(=O)N4CCCC4)c3)CS2)c(=O)n(-c2ccccc2)n1C. The molecule has 0 bridgehead atoms. The quantitative estimate of drug-likeness (QED) is 0.621. The summed E-state index contributed by atoms with van der Waals surface area (Å²) in [6.07, 6.45) is 3.93. The lowest BCUT2D eigenvalue weighted by molar-refractivity contribution is 0.0787. The molecule has 0 unspecified atom stereocenters. The number of aromatic amines is 1. The number of hydrogen-bond donors (Lipinski definition) is 2. The van der Waals surface area contributed by atoms with Gasteiger partial charge in [0.05, 0.1) is 17.1 Å². The predicted molar refractivity (Wildman–Crippen MR) is 131 cm³/mol. The Balaban J connectivity index is 1.35. The third kappa shape index (κ3) is 4.02. The van der Waals surface area contributed by atoms with E-state index >= 15 is 0 Å². The van der Waals surface area contributed by atoms with Crippen LogP contribution in [0.25, 0.3) is 5.69 Å². The number of carbonyl (C=O) groups is 1. The minimum absolute atomic E-state index is 0.0345. The highest BCUT2D eigenvalue weighted by atomic mass is 32.2. The summed E-state index contributed by atoms with van der Waals surface area (Å²) in [4.78, 5) is 35.2. The molecule has 2 aromatic heterocycles. The third-order valence-electron chi connectivity index (χ3n) is 6.01. The van der Waals surface area contributed by atoms with Gasteiger partial charge in [-0.25, -0.2) is 9.67 Å². The molecule has 9 nitrogen and oxygen atoms in total. The number of hydrogen-bond acceptors (Lipinski definition) is 5. The fraction of sp³-hybridized carbons (Fsp3) is 0.304. The van der Waals surface area contributed by atoms with Gasteiger partial charge in [0.2, 0.25) is 0 Å². The molecule has 0 atom stereocenters. The monoisotopic (exact) mass is 463 g/mol. The number of nitrogens with one attached hydrogen (secondary N) is 2. The molecule has 2 aliphatic heterocycles. The number of hydrazone groups is 1. The summed E-state index contributed by atoms with van der Waals surface area (Å²) < 4.78 is 3.41. The Hall–Kier alpha value is -3.53. The minimum atomic E-state index is -0.179. The maximum atomic E-state index is 13.1. The molecule has 2 aliphatic rings. The zero-order chi connectivity index (χ0) is 22.9. The smallest absolute Gasteiger partial charge is 0.297 e. The summed E-state index contributed by atoms with van der Waals surface area (Å²) in [5, 5.41) is 5.01. The van der Waals surface area contributed by atoms with Gasteiger partial charge in [0, 0.05) is 37.7 Å². The van der Waals surface area contributed by atoms with Crippen molar-refractivity contribution in [2.45, 2.75) is 19.8 Å². The van der Waals surface area contributed by atoms with Crippen LogP contribution in [0.4, 0.5) is 5.69 Å². The number of aliphatic imine (C=N–C) groups is 1. The van der Waals surface area contributed by atoms with Gasteiger partial charge in [-0.1, -0.05) is 30.0 Å². The molecule has 1 aromatic carbocycles. The lowest BCUT2D eigenvalue weighted by Gasteiger charge is -2.14. The van der Waals surface area contributed by atoms with Gasteiger partial charge in [-0.3, -0.25) is 19.7 Å². The Labute approximate surface area is 195 Å². The van der Waals surface area contributed by atoms with Gasteiger partial charge in [-0.15, -0.1) is 0 Å². The van der Waals surface area contributed by atoms with Gasteiger partial charge in [0.15, 0.2) is 10.9 Å². The zero-order valence-corrected chi connectivity index (χ0v) is 19.4. The molecule has 1 fully saturated rings. The number of benzene rings is 1. The molecule has 0 spiro atoms. The summed E-state index contributed by atoms with van der Waals surface area (Å²) in [6.45, 7) is 3.51. The van der Waals surface area contributed by atoms with Gasteiger partial charge in [-0.2, -0.15) is 5.10 Å². The molecular formula is C23H25N7O2S. The van der Waals surface area contributed by atoms with Crippen molar-refractivity contribution in [2.24, 2.45) is 17.1 Å². The highest BCUT2D eigenvalue weighted by Gasteiger charge is 2.23. The summed E-state index contributed by atoms with van der Waals surface area (Å²) in [6, 6.07) is 11.3. The number of H-pyrrole nitrogens is 1. The molecule has 3 aromatic rings. The number of rotatable bonds is 4. The van der Waals surface area contributed by atoms with Crippen molar-refractivity contribution in [1.29, 1.82) is 0 Å². The maximum Gasteiger partial charge on any atom is 0.297 e. The van der Waals surface area contributed by atoms with E-state index in [0.717, 1.165) is 48.6 Å². The Morgan fingerprint density at radius 1 is 1.18 bits per heavy atom. The van der Waals surface area contributed by atoms with E-state index in [1.807, 2.05) is 61.5 Å². The van der Waals surface area contributed by atoms with Crippen LogP contribution >= 0.6 is 11.8 Å². The first-order valence-electron chi connectivity index (χ1n) is 10.9. The maximum absolute atomic E-state index is 13.1. The Morgan fingerprint density at radius 2 is 1.94 bits per heavy atom. The molecule has 33 heavy (non-hydrogen) atoms. The summed E-state index contributed by atoms with van der Waals surface area (Å²) >= 11 is 1.47. The first-order valence-corrected chi connectivity index (χ1v) is 11.9. The van der Waals surface area contributed by atoms with E-state index in [1.54, 1.807) is 9.36 Å². The van der Waals surface area contributed by atoms with Crippen LogP contribution in [-0.4, -0.2) is 54.9 Å². The second-order valence-corrected chi connectivity index (χ2v) is 9.05. The van der Waals surface area contributed by atoms with E-state index in [4.69, 9.17) is 0 Å². The normalized spacial score (nSPS) is 17.3. The van der Waals surface area contributed by atoms with Gasteiger partial charge in [0.1, 0.15) is 5.69 Å². The van der Waals surface area contributed by atoms with Gasteiger partial charge in [-0.05, 0) is 38.0 Å². The topological polar surface area (TPSA) is 99.8 Å². The highest BCUT2D eigenvalue weighted by Crippen LogP contribution is 2.21. The summed E-state index contributed by atoms with van der Waals surface area (Å²) in [5.74, 6) is 0.618. The van der Waals surface area contributed by atoms with Crippen molar-refractivity contribution in [3.05, 3.63) is 69.9 Å². The van der Waals surface area contributed by atoms with Crippen LogP contribution in [0, 0.1) is 6.92 Å².